The molecule has 2 aromatic rings. The summed E-state index contributed by atoms with van der Waals surface area (Å²) in [6.45, 7) is 0.298. The van der Waals surface area contributed by atoms with Gasteiger partial charge in [-0.15, -0.1) is 0 Å². The zero-order chi connectivity index (χ0) is 15.5. The third kappa shape index (κ3) is 2.63. The quantitative estimate of drug-likeness (QED) is 0.642. The zero-order valence-corrected chi connectivity index (χ0v) is 11.8. The van der Waals surface area contributed by atoms with Crippen LogP contribution in [0.2, 0.25) is 0 Å². The predicted molar refractivity (Wildman–Crippen MR) is 81.1 cm³/mol. The molecule has 0 N–H and O–H groups in total. The summed E-state index contributed by atoms with van der Waals surface area (Å²) < 4.78 is 5.43. The lowest BCUT2D eigenvalue weighted by molar-refractivity contribution is -0.384. The molecular weight excluding hydrogens is 284 g/mol. The van der Waals surface area contributed by atoms with Gasteiger partial charge in [-0.3, -0.25) is 14.9 Å². The third-order valence-corrected chi connectivity index (χ3v) is 3.58. The van der Waals surface area contributed by atoms with Gasteiger partial charge in [-0.05, 0) is 24.1 Å². The van der Waals surface area contributed by atoms with Gasteiger partial charge in [-0.25, -0.2) is 0 Å². The van der Waals surface area contributed by atoms with Crippen LogP contribution in [0.4, 0.5) is 11.4 Å². The lowest BCUT2D eigenvalue weighted by atomic mass is 10.1. The molecule has 0 spiro atoms. The number of ether oxygens (including phenoxy) is 1. The summed E-state index contributed by atoms with van der Waals surface area (Å²) >= 11 is 0. The topological polar surface area (TPSA) is 72.7 Å². The second-order valence-electron chi connectivity index (χ2n) is 4.94. The number of rotatable bonds is 4. The predicted octanol–water partition coefficient (Wildman–Crippen LogP) is 2.56. The monoisotopic (exact) mass is 298 g/mol. The molecule has 6 nitrogen and oxygen atoms in total. The Morgan fingerprint density at radius 2 is 1.95 bits per heavy atom. The van der Waals surface area contributed by atoms with Gasteiger partial charge < -0.3 is 9.64 Å². The number of carbonyl (C=O) groups excluding carboxylic acids is 1. The van der Waals surface area contributed by atoms with Crippen molar-refractivity contribution in [3.05, 3.63) is 64.2 Å². The van der Waals surface area contributed by atoms with Crippen LogP contribution in [0.25, 0.3) is 0 Å². The van der Waals surface area contributed by atoms with Crippen LogP contribution < -0.4 is 9.64 Å². The van der Waals surface area contributed by atoms with Crippen LogP contribution >= 0.6 is 0 Å². The summed E-state index contributed by atoms with van der Waals surface area (Å²) in [5.74, 6) is 0.315. The zero-order valence-electron chi connectivity index (χ0n) is 11.8. The van der Waals surface area contributed by atoms with E-state index in [0.717, 1.165) is 5.56 Å². The fourth-order valence-corrected chi connectivity index (χ4v) is 2.57. The average molecular weight is 298 g/mol. The van der Waals surface area contributed by atoms with Crippen molar-refractivity contribution in [2.75, 3.05) is 18.1 Å². The van der Waals surface area contributed by atoms with Crippen LogP contribution in [-0.2, 0) is 11.2 Å². The van der Waals surface area contributed by atoms with Crippen LogP contribution in [0.15, 0.2) is 48.5 Å². The molecule has 0 unspecified atom stereocenters. The molecule has 0 radical (unpaired) electrons. The number of hydrogen-bond donors (Lipinski definition) is 0. The summed E-state index contributed by atoms with van der Waals surface area (Å²) in [4.78, 5) is 24.5. The molecule has 0 bridgehead atoms. The van der Waals surface area contributed by atoms with E-state index < -0.39 is 4.92 Å². The molecular formula is C16H14N2O4. The Bertz CT molecular complexity index is 715. The summed E-state index contributed by atoms with van der Waals surface area (Å²) in [6, 6.07) is 13.9. The third-order valence-electron chi connectivity index (χ3n) is 3.58. The highest BCUT2D eigenvalue weighted by Crippen LogP contribution is 2.36. The Kier molecular flexibility index (Phi) is 3.74. The van der Waals surface area contributed by atoms with Crippen molar-refractivity contribution in [3.63, 3.8) is 0 Å². The van der Waals surface area contributed by atoms with Crippen molar-refractivity contribution in [1.29, 1.82) is 0 Å². The number of hydrogen-bond acceptors (Lipinski definition) is 4. The summed E-state index contributed by atoms with van der Waals surface area (Å²) in [5, 5.41) is 11.1. The highest BCUT2D eigenvalue weighted by atomic mass is 16.6. The van der Waals surface area contributed by atoms with E-state index in [-0.39, 0.29) is 18.2 Å². The lowest BCUT2D eigenvalue weighted by Gasteiger charge is -2.17. The maximum absolute atomic E-state index is 12.3. The second kappa shape index (κ2) is 5.85. The number of para-hydroxylation sites is 2. The molecule has 0 fully saturated rings. The van der Waals surface area contributed by atoms with Gasteiger partial charge in [0, 0.05) is 12.6 Å². The minimum atomic E-state index is -0.456. The molecule has 1 heterocycles. The number of nitro groups is 1. The number of amides is 1. The van der Waals surface area contributed by atoms with Crippen LogP contribution in [0, 0.1) is 10.1 Å². The van der Waals surface area contributed by atoms with Crippen molar-refractivity contribution < 1.29 is 14.5 Å². The molecule has 1 aliphatic heterocycles. The summed E-state index contributed by atoms with van der Waals surface area (Å²) in [6.07, 6.45) is 0.619. The normalized spacial score (nSPS) is 12.8. The lowest BCUT2D eigenvalue weighted by Crippen LogP contribution is -2.33. The fourth-order valence-electron chi connectivity index (χ4n) is 2.57. The molecule has 22 heavy (non-hydrogen) atoms. The van der Waals surface area contributed by atoms with Gasteiger partial charge in [0.2, 0.25) is 0 Å². The Morgan fingerprint density at radius 1 is 1.18 bits per heavy atom. The Morgan fingerprint density at radius 3 is 2.68 bits per heavy atom. The first-order valence-corrected chi connectivity index (χ1v) is 6.91. The minimum absolute atomic E-state index is 0.0388. The van der Waals surface area contributed by atoms with E-state index in [1.165, 1.54) is 11.0 Å². The maximum atomic E-state index is 12.3. The number of nitro benzene ring substituents is 1. The summed E-state index contributed by atoms with van der Waals surface area (Å²) in [5.41, 5.74) is 1.18. The van der Waals surface area contributed by atoms with Gasteiger partial charge in [0.05, 0.1) is 4.92 Å². The average Bonchev–Trinajstić information content (AvgIpc) is 2.97. The number of fused-ring (bicyclic) bond motifs is 1. The molecule has 1 amide bonds. The van der Waals surface area contributed by atoms with Gasteiger partial charge >= 0.3 is 0 Å². The van der Waals surface area contributed by atoms with Crippen molar-refractivity contribution >= 4 is 17.3 Å². The number of nitrogens with zero attached hydrogens (tertiary/aromatic N) is 2. The first-order valence-electron chi connectivity index (χ1n) is 6.91. The standard InChI is InChI=1S/C16H14N2O4/c19-15(11-22-13-6-2-1-3-7-13)17-10-9-12-5-4-8-14(16(12)17)18(20)21/h1-8H,9-11H2. The van der Waals surface area contributed by atoms with Crippen LogP contribution in [0.3, 0.4) is 0 Å². The fraction of sp³-hybridized carbons (Fsp3) is 0.188. The van der Waals surface area contributed by atoms with Crippen molar-refractivity contribution in [3.8, 4) is 5.75 Å². The van der Waals surface area contributed by atoms with E-state index in [9.17, 15) is 14.9 Å². The van der Waals surface area contributed by atoms with Crippen molar-refractivity contribution in [2.24, 2.45) is 0 Å². The van der Waals surface area contributed by atoms with Crippen LogP contribution in [0.5, 0.6) is 5.75 Å². The van der Waals surface area contributed by atoms with E-state index >= 15 is 0 Å². The number of anilines is 1. The van der Waals surface area contributed by atoms with Gasteiger partial charge in [-0.2, -0.15) is 0 Å². The molecule has 6 heteroatoms. The van der Waals surface area contributed by atoms with E-state index in [1.54, 1.807) is 18.2 Å². The van der Waals surface area contributed by atoms with Gasteiger partial charge in [0.1, 0.15) is 11.4 Å². The molecule has 0 atom stereocenters. The van der Waals surface area contributed by atoms with Gasteiger partial charge in [-0.1, -0.05) is 30.3 Å². The van der Waals surface area contributed by atoms with E-state index in [0.29, 0.717) is 24.4 Å². The Labute approximate surface area is 127 Å². The van der Waals surface area contributed by atoms with Crippen LogP contribution in [0.1, 0.15) is 5.56 Å². The van der Waals surface area contributed by atoms with Gasteiger partial charge in [0.25, 0.3) is 11.6 Å². The Hall–Kier alpha value is -2.89. The number of benzene rings is 2. The molecule has 0 saturated carbocycles. The van der Waals surface area contributed by atoms with E-state index in [1.807, 2.05) is 24.3 Å². The maximum Gasteiger partial charge on any atom is 0.293 e. The summed E-state index contributed by atoms with van der Waals surface area (Å²) in [7, 11) is 0. The highest BCUT2D eigenvalue weighted by molar-refractivity contribution is 5.99. The van der Waals surface area contributed by atoms with Gasteiger partial charge in [0.15, 0.2) is 6.61 Å². The molecule has 0 aromatic heterocycles. The van der Waals surface area contributed by atoms with Crippen molar-refractivity contribution in [2.45, 2.75) is 6.42 Å². The Balaban J connectivity index is 1.78. The van der Waals surface area contributed by atoms with E-state index in [2.05, 4.69) is 0 Å². The molecule has 0 aliphatic carbocycles. The first-order chi connectivity index (χ1) is 10.7. The highest BCUT2D eigenvalue weighted by Gasteiger charge is 2.31. The smallest absolute Gasteiger partial charge is 0.293 e. The molecule has 112 valence electrons. The first kappa shape index (κ1) is 14.1. The molecule has 1 aliphatic rings. The molecule has 2 aromatic carbocycles. The number of carbonyl (C=O) groups is 1. The molecule has 3 rings (SSSR count). The van der Waals surface area contributed by atoms with Crippen LogP contribution in [-0.4, -0.2) is 24.0 Å². The van der Waals surface area contributed by atoms with E-state index in [4.69, 9.17) is 4.74 Å². The SMILES string of the molecule is O=C(COc1ccccc1)N1CCc2cccc([N+](=O)[O-])c21. The molecule has 0 saturated heterocycles. The minimum Gasteiger partial charge on any atom is -0.484 e. The largest absolute Gasteiger partial charge is 0.484 e. The second-order valence-corrected chi connectivity index (χ2v) is 4.94. The van der Waals surface area contributed by atoms with Crippen molar-refractivity contribution in [1.82, 2.24) is 0 Å².